The van der Waals surface area contributed by atoms with Crippen molar-refractivity contribution in [1.82, 2.24) is 0 Å². The van der Waals surface area contributed by atoms with E-state index >= 15 is 0 Å². The molecular weight excluding hydrogens is 278 g/mol. The van der Waals surface area contributed by atoms with Crippen LogP contribution in [-0.2, 0) is 9.59 Å². The van der Waals surface area contributed by atoms with E-state index in [4.69, 9.17) is 5.11 Å². The third kappa shape index (κ3) is 2.91. The Morgan fingerprint density at radius 3 is 2.80 bits per heavy atom. The van der Waals surface area contributed by atoms with Gasteiger partial charge in [0.2, 0.25) is 5.91 Å². The topological polar surface area (TPSA) is 74.7 Å². The Morgan fingerprint density at radius 2 is 2.15 bits per heavy atom. The van der Waals surface area contributed by atoms with Crippen molar-refractivity contribution in [3.8, 4) is 0 Å². The summed E-state index contributed by atoms with van der Waals surface area (Å²) in [6.07, 6.45) is 1.84. The number of carbonyl (C=O) groups excluding carboxylic acids is 2. The smallest absolute Gasteiger partial charge is 0.328 e. The summed E-state index contributed by atoms with van der Waals surface area (Å²) in [5.74, 6) is -1.12. The molecule has 0 unspecified atom stereocenters. The van der Waals surface area contributed by atoms with E-state index in [2.05, 4.69) is 0 Å². The number of hydrogen-bond donors (Lipinski definition) is 1. The van der Waals surface area contributed by atoms with Gasteiger partial charge in [-0.15, -0.1) is 11.8 Å². The van der Waals surface area contributed by atoms with E-state index in [9.17, 15) is 14.4 Å². The number of thioether (sulfide) groups is 1. The van der Waals surface area contributed by atoms with Crippen LogP contribution in [0.4, 0.5) is 5.69 Å². The van der Waals surface area contributed by atoms with Gasteiger partial charge in [0.1, 0.15) is 0 Å². The highest BCUT2D eigenvalue weighted by atomic mass is 32.2. The van der Waals surface area contributed by atoms with Crippen molar-refractivity contribution in [3.63, 3.8) is 0 Å². The first-order valence-corrected chi connectivity index (χ1v) is 7.04. The molecule has 0 spiro atoms. The fourth-order valence-corrected chi connectivity index (χ4v) is 2.92. The van der Waals surface area contributed by atoms with Crippen LogP contribution in [0.1, 0.15) is 17.3 Å². The highest BCUT2D eigenvalue weighted by Gasteiger charge is 2.23. The quantitative estimate of drug-likeness (QED) is 0.678. The molecule has 20 heavy (non-hydrogen) atoms. The summed E-state index contributed by atoms with van der Waals surface area (Å²) in [7, 11) is 0. The largest absolute Gasteiger partial charge is 0.478 e. The Labute approximate surface area is 120 Å². The van der Waals surface area contributed by atoms with Crippen molar-refractivity contribution in [2.45, 2.75) is 11.8 Å². The second-order valence-corrected chi connectivity index (χ2v) is 5.16. The van der Waals surface area contributed by atoms with Gasteiger partial charge in [0.15, 0.2) is 5.78 Å². The van der Waals surface area contributed by atoms with Gasteiger partial charge in [0.25, 0.3) is 0 Å². The van der Waals surface area contributed by atoms with E-state index in [0.717, 1.165) is 22.7 Å². The normalized spacial score (nSPS) is 14.4. The van der Waals surface area contributed by atoms with Gasteiger partial charge in [0, 0.05) is 23.1 Å². The molecule has 1 aromatic rings. The molecule has 1 aliphatic heterocycles. The molecule has 0 aromatic heterocycles. The highest BCUT2D eigenvalue weighted by Crippen LogP contribution is 2.35. The monoisotopic (exact) mass is 291 g/mol. The number of anilines is 1. The molecule has 1 aliphatic rings. The molecule has 5 nitrogen and oxygen atoms in total. The van der Waals surface area contributed by atoms with E-state index in [1.54, 1.807) is 23.1 Å². The SMILES string of the molecule is CCN1C(=O)CSc2cc(C(=O)/C=C/C(=O)O)ccc21. The lowest BCUT2D eigenvalue weighted by molar-refractivity contribution is -0.131. The number of fused-ring (bicyclic) bond motifs is 1. The summed E-state index contributed by atoms with van der Waals surface area (Å²) in [6.45, 7) is 2.48. The van der Waals surface area contributed by atoms with Crippen LogP contribution in [0.2, 0.25) is 0 Å². The van der Waals surface area contributed by atoms with Gasteiger partial charge in [-0.3, -0.25) is 9.59 Å². The molecule has 1 amide bonds. The summed E-state index contributed by atoms with van der Waals surface area (Å²) >= 11 is 1.39. The van der Waals surface area contributed by atoms with Crippen molar-refractivity contribution in [1.29, 1.82) is 0 Å². The van der Waals surface area contributed by atoms with Crippen LogP contribution in [0.15, 0.2) is 35.2 Å². The van der Waals surface area contributed by atoms with Crippen LogP contribution in [0, 0.1) is 0 Å². The maximum atomic E-state index is 11.8. The highest BCUT2D eigenvalue weighted by molar-refractivity contribution is 8.00. The molecule has 0 saturated carbocycles. The molecule has 0 saturated heterocycles. The van der Waals surface area contributed by atoms with Crippen LogP contribution in [-0.4, -0.2) is 35.1 Å². The van der Waals surface area contributed by atoms with Gasteiger partial charge in [0.05, 0.1) is 11.4 Å². The predicted octanol–water partition coefficient (Wildman–Crippen LogP) is 1.97. The number of rotatable bonds is 4. The summed E-state index contributed by atoms with van der Waals surface area (Å²) < 4.78 is 0. The molecule has 6 heteroatoms. The summed E-state index contributed by atoms with van der Waals surface area (Å²) in [5.41, 5.74) is 1.21. The minimum absolute atomic E-state index is 0.0508. The Balaban J connectivity index is 2.31. The lowest BCUT2D eigenvalue weighted by Gasteiger charge is -2.28. The molecule has 0 radical (unpaired) electrons. The number of hydrogen-bond acceptors (Lipinski definition) is 4. The van der Waals surface area contributed by atoms with E-state index < -0.39 is 5.97 Å². The number of carbonyl (C=O) groups is 3. The van der Waals surface area contributed by atoms with Crippen molar-refractivity contribution in [2.75, 3.05) is 17.2 Å². The third-order valence-electron chi connectivity index (χ3n) is 2.88. The van der Waals surface area contributed by atoms with Gasteiger partial charge < -0.3 is 10.0 Å². The fourth-order valence-electron chi connectivity index (χ4n) is 1.95. The summed E-state index contributed by atoms with van der Waals surface area (Å²) in [4.78, 5) is 36.5. The van der Waals surface area contributed by atoms with E-state index in [-0.39, 0.29) is 11.7 Å². The predicted molar refractivity (Wildman–Crippen MR) is 76.3 cm³/mol. The number of benzene rings is 1. The number of carboxylic acids is 1. The zero-order valence-electron chi connectivity index (χ0n) is 10.8. The first-order valence-electron chi connectivity index (χ1n) is 6.05. The second kappa shape index (κ2) is 5.92. The van der Waals surface area contributed by atoms with E-state index in [1.807, 2.05) is 6.92 Å². The second-order valence-electron chi connectivity index (χ2n) is 4.14. The van der Waals surface area contributed by atoms with Crippen molar-refractivity contribution >= 4 is 35.1 Å². The number of ketones is 1. The first-order chi connectivity index (χ1) is 9.52. The molecule has 0 atom stereocenters. The lowest BCUT2D eigenvalue weighted by atomic mass is 10.1. The van der Waals surface area contributed by atoms with Crippen LogP contribution in [0.25, 0.3) is 0 Å². The molecule has 104 valence electrons. The number of amides is 1. The number of allylic oxidation sites excluding steroid dienone is 1. The molecular formula is C14H13NO4S. The van der Waals surface area contributed by atoms with Gasteiger partial charge in [-0.25, -0.2) is 4.79 Å². The maximum Gasteiger partial charge on any atom is 0.328 e. The van der Waals surface area contributed by atoms with Gasteiger partial charge >= 0.3 is 5.97 Å². The van der Waals surface area contributed by atoms with Crippen LogP contribution in [0.5, 0.6) is 0 Å². The Morgan fingerprint density at radius 1 is 1.40 bits per heavy atom. The van der Waals surface area contributed by atoms with Crippen molar-refractivity contribution < 1.29 is 19.5 Å². The zero-order valence-corrected chi connectivity index (χ0v) is 11.6. The third-order valence-corrected chi connectivity index (χ3v) is 3.91. The molecule has 2 rings (SSSR count). The molecule has 0 fully saturated rings. The van der Waals surface area contributed by atoms with Crippen LogP contribution in [0.3, 0.4) is 0 Å². The Bertz CT molecular complexity index is 609. The first kappa shape index (κ1) is 14.3. The van der Waals surface area contributed by atoms with Crippen molar-refractivity contribution in [2.24, 2.45) is 0 Å². The molecule has 0 aliphatic carbocycles. The summed E-state index contributed by atoms with van der Waals surface area (Å²) in [6, 6.07) is 5.03. The van der Waals surface area contributed by atoms with Gasteiger partial charge in [-0.2, -0.15) is 0 Å². The minimum atomic E-state index is -1.16. The maximum absolute atomic E-state index is 11.8. The standard InChI is InChI=1S/C14H13NO4S/c1-2-15-10-4-3-9(11(16)5-6-14(18)19)7-12(10)20-8-13(15)17/h3-7H,2,8H2,1H3,(H,18,19)/b6-5+. The average molecular weight is 291 g/mol. The van der Waals surface area contributed by atoms with Crippen molar-refractivity contribution in [3.05, 3.63) is 35.9 Å². The Hall–Kier alpha value is -2.08. The molecule has 1 heterocycles. The fraction of sp³-hybridized carbons (Fsp3) is 0.214. The summed E-state index contributed by atoms with van der Waals surface area (Å²) in [5, 5.41) is 8.51. The van der Waals surface area contributed by atoms with E-state index in [0.29, 0.717) is 17.9 Å². The molecule has 0 bridgehead atoms. The average Bonchev–Trinajstić information content (AvgIpc) is 2.44. The van der Waals surface area contributed by atoms with Crippen LogP contribution < -0.4 is 4.90 Å². The zero-order chi connectivity index (χ0) is 14.7. The van der Waals surface area contributed by atoms with E-state index in [1.165, 1.54) is 11.8 Å². The number of carboxylic acid groups (broad SMARTS) is 1. The van der Waals surface area contributed by atoms with Gasteiger partial charge in [-0.1, -0.05) is 0 Å². The van der Waals surface area contributed by atoms with Gasteiger partial charge in [-0.05, 0) is 31.2 Å². The number of aliphatic carboxylic acids is 1. The molecule has 1 N–H and O–H groups in total. The van der Waals surface area contributed by atoms with Crippen LogP contribution >= 0.6 is 11.8 Å². The number of nitrogens with zero attached hydrogens (tertiary/aromatic N) is 1. The lowest BCUT2D eigenvalue weighted by Crippen LogP contribution is -2.35. The minimum Gasteiger partial charge on any atom is -0.478 e. The Kier molecular flexibility index (Phi) is 4.24. The molecule has 1 aromatic carbocycles.